The highest BCUT2D eigenvalue weighted by Crippen LogP contribution is 2.34. The molecule has 0 saturated heterocycles. The third kappa shape index (κ3) is 4.16. The Kier molecular flexibility index (Phi) is 3.98. The zero-order valence-electron chi connectivity index (χ0n) is 9.36. The van der Waals surface area contributed by atoms with Gasteiger partial charge in [0.25, 0.3) is 0 Å². The lowest BCUT2D eigenvalue weighted by molar-refractivity contribution is -0.130. The SMILES string of the molecule is CC(C)(C)[Si](C)(C)C#CC#CC(=O)O. The number of rotatable bonds is 0. The van der Waals surface area contributed by atoms with Gasteiger partial charge in [-0.1, -0.05) is 33.9 Å². The fourth-order valence-electron chi connectivity index (χ4n) is 0.460. The van der Waals surface area contributed by atoms with Crippen LogP contribution in [0.25, 0.3) is 0 Å². The number of aliphatic carboxylic acids is 1. The van der Waals surface area contributed by atoms with E-state index in [0.29, 0.717) is 0 Å². The van der Waals surface area contributed by atoms with Gasteiger partial charge in [0, 0.05) is 5.92 Å². The van der Waals surface area contributed by atoms with Gasteiger partial charge in [0.15, 0.2) is 0 Å². The lowest BCUT2D eigenvalue weighted by Gasteiger charge is -2.31. The van der Waals surface area contributed by atoms with E-state index >= 15 is 0 Å². The summed E-state index contributed by atoms with van der Waals surface area (Å²) < 4.78 is 0. The summed E-state index contributed by atoms with van der Waals surface area (Å²) in [6, 6.07) is 0. The quantitative estimate of drug-likeness (QED) is 0.489. The average Bonchev–Trinajstić information content (AvgIpc) is 1.95. The van der Waals surface area contributed by atoms with Crippen LogP contribution in [0.15, 0.2) is 0 Å². The molecule has 0 aliphatic carbocycles. The summed E-state index contributed by atoms with van der Waals surface area (Å²) in [7, 11) is -1.63. The summed E-state index contributed by atoms with van der Waals surface area (Å²) in [6.45, 7) is 10.8. The molecule has 2 nitrogen and oxygen atoms in total. The number of hydrogen-bond acceptors (Lipinski definition) is 1. The van der Waals surface area contributed by atoms with Gasteiger partial charge in [-0.3, -0.25) is 0 Å². The zero-order valence-corrected chi connectivity index (χ0v) is 10.4. The van der Waals surface area contributed by atoms with Crippen molar-refractivity contribution in [3.05, 3.63) is 0 Å². The molecular formula is C11H16O2Si. The lowest BCUT2D eigenvalue weighted by atomic mass is 10.2. The molecule has 0 spiro atoms. The molecule has 0 unspecified atom stereocenters. The summed E-state index contributed by atoms with van der Waals surface area (Å²) in [4.78, 5) is 10.1. The molecule has 0 bridgehead atoms. The standard InChI is InChI=1S/C11H16O2Si/c1-11(2,3)14(4,5)9-7-6-8-10(12)13/h1-5H3,(H,12,13). The highest BCUT2D eigenvalue weighted by molar-refractivity contribution is 6.87. The van der Waals surface area contributed by atoms with Crippen LogP contribution in [0.5, 0.6) is 0 Å². The van der Waals surface area contributed by atoms with E-state index in [-0.39, 0.29) is 5.04 Å². The predicted octanol–water partition coefficient (Wildman–Crippen LogP) is 2.13. The van der Waals surface area contributed by atoms with Crippen LogP contribution in [-0.4, -0.2) is 19.1 Å². The molecule has 0 aromatic rings. The molecule has 0 aromatic heterocycles. The van der Waals surface area contributed by atoms with Gasteiger partial charge in [-0.05, 0) is 16.9 Å². The first-order valence-electron chi connectivity index (χ1n) is 4.43. The van der Waals surface area contributed by atoms with Crippen molar-refractivity contribution in [3.8, 4) is 23.3 Å². The van der Waals surface area contributed by atoms with Gasteiger partial charge in [0.05, 0.1) is 0 Å². The molecule has 0 radical (unpaired) electrons. The molecule has 0 atom stereocenters. The Morgan fingerprint density at radius 3 is 2.07 bits per heavy atom. The van der Waals surface area contributed by atoms with Crippen molar-refractivity contribution >= 4 is 14.0 Å². The van der Waals surface area contributed by atoms with Crippen LogP contribution < -0.4 is 0 Å². The normalized spacial score (nSPS) is 10.6. The summed E-state index contributed by atoms with van der Waals surface area (Å²) in [5.41, 5.74) is 3.11. The topological polar surface area (TPSA) is 37.3 Å². The Morgan fingerprint density at radius 2 is 1.71 bits per heavy atom. The van der Waals surface area contributed by atoms with Crippen molar-refractivity contribution in [2.75, 3.05) is 0 Å². The van der Waals surface area contributed by atoms with Crippen LogP contribution >= 0.6 is 0 Å². The largest absolute Gasteiger partial charge is 0.472 e. The van der Waals surface area contributed by atoms with Crippen molar-refractivity contribution in [1.82, 2.24) is 0 Å². The molecular weight excluding hydrogens is 192 g/mol. The highest BCUT2D eigenvalue weighted by Gasteiger charge is 2.33. The highest BCUT2D eigenvalue weighted by atomic mass is 28.3. The molecule has 1 N–H and O–H groups in total. The molecule has 3 heteroatoms. The minimum Gasteiger partial charge on any atom is -0.472 e. The van der Waals surface area contributed by atoms with E-state index in [4.69, 9.17) is 5.11 Å². The Balaban J connectivity index is 4.70. The number of carboxylic acid groups (broad SMARTS) is 1. The van der Waals surface area contributed by atoms with E-state index in [9.17, 15) is 4.79 Å². The number of hydrogen-bond donors (Lipinski definition) is 1. The van der Waals surface area contributed by atoms with E-state index in [2.05, 4.69) is 51.2 Å². The third-order valence-corrected chi connectivity index (χ3v) is 6.98. The first-order valence-corrected chi connectivity index (χ1v) is 7.43. The third-order valence-electron chi connectivity index (χ3n) is 2.48. The average molecular weight is 208 g/mol. The minimum absolute atomic E-state index is 0.185. The summed E-state index contributed by atoms with van der Waals surface area (Å²) in [5.74, 6) is 5.83. The van der Waals surface area contributed by atoms with E-state index in [1.807, 2.05) is 5.92 Å². The van der Waals surface area contributed by atoms with Gasteiger partial charge in [-0.2, -0.15) is 0 Å². The van der Waals surface area contributed by atoms with E-state index in [1.165, 1.54) is 0 Å². The van der Waals surface area contributed by atoms with Gasteiger partial charge in [-0.15, -0.1) is 5.54 Å². The Morgan fingerprint density at radius 1 is 1.21 bits per heavy atom. The molecule has 0 aliphatic heterocycles. The molecule has 0 amide bonds. The smallest absolute Gasteiger partial charge is 0.382 e. The molecule has 0 rings (SSSR count). The first kappa shape index (κ1) is 12.8. The number of carbonyl (C=O) groups is 1. The number of carboxylic acids is 1. The van der Waals surface area contributed by atoms with Crippen LogP contribution in [0.2, 0.25) is 18.1 Å². The van der Waals surface area contributed by atoms with Crippen LogP contribution in [-0.2, 0) is 4.79 Å². The van der Waals surface area contributed by atoms with E-state index in [1.54, 1.807) is 0 Å². The Bertz CT molecular complexity index is 339. The Hall–Kier alpha value is -1.19. The maximum Gasteiger partial charge on any atom is 0.382 e. The zero-order chi connectivity index (χ0) is 11.4. The van der Waals surface area contributed by atoms with Gasteiger partial charge in [0.2, 0.25) is 0 Å². The van der Waals surface area contributed by atoms with Crippen molar-refractivity contribution in [2.24, 2.45) is 0 Å². The molecule has 0 heterocycles. The van der Waals surface area contributed by atoms with Crippen LogP contribution in [0.3, 0.4) is 0 Å². The van der Waals surface area contributed by atoms with Crippen LogP contribution in [0.4, 0.5) is 0 Å². The minimum atomic E-state index is -1.63. The van der Waals surface area contributed by atoms with Gasteiger partial charge < -0.3 is 5.11 Å². The van der Waals surface area contributed by atoms with Gasteiger partial charge >= 0.3 is 5.97 Å². The van der Waals surface area contributed by atoms with Crippen molar-refractivity contribution in [1.29, 1.82) is 0 Å². The lowest BCUT2D eigenvalue weighted by Crippen LogP contribution is -2.35. The summed E-state index contributed by atoms with van der Waals surface area (Å²) >= 11 is 0. The van der Waals surface area contributed by atoms with E-state index < -0.39 is 14.0 Å². The van der Waals surface area contributed by atoms with Crippen molar-refractivity contribution < 1.29 is 9.90 Å². The maximum absolute atomic E-state index is 10.1. The monoisotopic (exact) mass is 208 g/mol. The van der Waals surface area contributed by atoms with E-state index in [0.717, 1.165) is 0 Å². The molecule has 0 aromatic carbocycles. The van der Waals surface area contributed by atoms with Crippen LogP contribution in [0.1, 0.15) is 20.8 Å². The molecule has 14 heavy (non-hydrogen) atoms. The Labute approximate surface area is 86.7 Å². The summed E-state index contributed by atoms with van der Waals surface area (Å²) in [6.07, 6.45) is 0. The second-order valence-corrected chi connectivity index (χ2v) is 9.68. The van der Waals surface area contributed by atoms with Crippen LogP contribution in [0, 0.1) is 23.3 Å². The molecule has 0 saturated carbocycles. The molecule has 0 aliphatic rings. The van der Waals surface area contributed by atoms with Crippen molar-refractivity contribution in [3.63, 3.8) is 0 Å². The molecule has 0 fully saturated rings. The van der Waals surface area contributed by atoms with Crippen molar-refractivity contribution in [2.45, 2.75) is 38.9 Å². The van der Waals surface area contributed by atoms with Gasteiger partial charge in [0.1, 0.15) is 8.07 Å². The molecule has 76 valence electrons. The summed E-state index contributed by atoms with van der Waals surface area (Å²) in [5, 5.41) is 8.46. The second kappa shape index (κ2) is 4.35. The predicted molar refractivity (Wildman–Crippen MR) is 60.4 cm³/mol. The first-order chi connectivity index (χ1) is 6.17. The fourth-order valence-corrected chi connectivity index (χ4v) is 1.21. The fraction of sp³-hybridized carbons (Fsp3) is 0.545. The van der Waals surface area contributed by atoms with Gasteiger partial charge in [-0.25, -0.2) is 4.79 Å². The maximum atomic E-state index is 10.1. The second-order valence-electron chi connectivity index (χ2n) is 4.68.